The molecule has 13 rings (SSSR count). The first kappa shape index (κ1) is 49.9. The zero-order valence-corrected chi connectivity index (χ0v) is 44.4. The van der Waals surface area contributed by atoms with Crippen molar-refractivity contribution in [2.24, 2.45) is 4.99 Å². The van der Waals surface area contributed by atoms with E-state index in [1.54, 1.807) is 23.9 Å². The molecule has 368 valence electrons. The molecule has 0 saturated carbocycles. The summed E-state index contributed by atoms with van der Waals surface area (Å²) in [6.07, 6.45) is 1.91. The fourth-order valence-electron chi connectivity index (χ4n) is 10.4. The van der Waals surface area contributed by atoms with Gasteiger partial charge in [0.05, 0.1) is 4.90 Å². The molecular formula is C66H54BNO4S3. The monoisotopic (exact) mass is 1030 g/mol. The molecule has 75 heavy (non-hydrogen) atoms. The van der Waals surface area contributed by atoms with Gasteiger partial charge in [-0.1, -0.05) is 200 Å². The molecular weight excluding hydrogens is 978 g/mol. The van der Waals surface area contributed by atoms with Crippen LogP contribution in [-0.2, 0) is 22.7 Å². The van der Waals surface area contributed by atoms with E-state index in [0.29, 0.717) is 16.3 Å². The normalized spacial score (nSPS) is 13.1. The van der Waals surface area contributed by atoms with Gasteiger partial charge in [-0.2, -0.15) is 0 Å². The van der Waals surface area contributed by atoms with E-state index < -0.39 is 17.0 Å². The van der Waals surface area contributed by atoms with E-state index >= 15 is 0 Å². The van der Waals surface area contributed by atoms with Crippen molar-refractivity contribution in [2.45, 2.75) is 64.0 Å². The van der Waals surface area contributed by atoms with Crippen molar-refractivity contribution in [3.05, 3.63) is 263 Å². The Morgan fingerprint density at radius 1 is 0.520 bits per heavy atom. The predicted octanol–water partition coefficient (Wildman–Crippen LogP) is 15.2. The lowest BCUT2D eigenvalue weighted by atomic mass is 9.74. The fraction of sp³-hybridized carbons (Fsp3) is 0.106. The Morgan fingerprint density at radius 2 is 0.960 bits per heavy atom. The van der Waals surface area contributed by atoms with Gasteiger partial charge in [0.1, 0.15) is 5.88 Å². The largest absolute Gasteiger partial charge is 0.489 e. The molecule has 2 aliphatic rings. The Kier molecular flexibility index (Phi) is 14.4. The second-order valence-corrected chi connectivity index (χ2v) is 23.5. The van der Waals surface area contributed by atoms with E-state index in [2.05, 4.69) is 151 Å². The van der Waals surface area contributed by atoms with E-state index in [1.807, 2.05) is 92.3 Å². The number of sulfone groups is 1. The Hall–Kier alpha value is -7.24. The van der Waals surface area contributed by atoms with Gasteiger partial charge in [-0.25, -0.2) is 8.42 Å². The van der Waals surface area contributed by atoms with Gasteiger partial charge >= 0.3 is 7.12 Å². The summed E-state index contributed by atoms with van der Waals surface area (Å²) < 4.78 is 25.1. The summed E-state index contributed by atoms with van der Waals surface area (Å²) in [6.45, 7) is 6.17. The molecule has 1 unspecified atom stereocenters. The van der Waals surface area contributed by atoms with Crippen molar-refractivity contribution in [2.75, 3.05) is 5.88 Å². The lowest BCUT2D eigenvalue weighted by Crippen LogP contribution is -2.31. The molecule has 0 aliphatic carbocycles. The van der Waals surface area contributed by atoms with Crippen molar-refractivity contribution < 1.29 is 18.5 Å². The number of rotatable bonds is 7. The molecule has 0 spiro atoms. The van der Waals surface area contributed by atoms with Crippen LogP contribution >= 0.6 is 23.5 Å². The average molecular weight is 1030 g/mol. The van der Waals surface area contributed by atoms with Gasteiger partial charge in [-0.15, -0.1) is 0 Å². The minimum absolute atomic E-state index is 0.240. The van der Waals surface area contributed by atoms with Crippen LogP contribution in [0.5, 0.6) is 0 Å². The molecule has 11 aromatic carbocycles. The van der Waals surface area contributed by atoms with Crippen LogP contribution in [0.15, 0.2) is 248 Å². The maximum absolute atomic E-state index is 12.5. The number of hydrogen-bond donors (Lipinski definition) is 2. The molecule has 2 heterocycles. The molecule has 2 aliphatic heterocycles. The summed E-state index contributed by atoms with van der Waals surface area (Å²) in [5.41, 5.74) is 11.6. The fourth-order valence-corrected chi connectivity index (χ4v) is 13.6. The summed E-state index contributed by atoms with van der Waals surface area (Å²) >= 11 is 3.69. The smallest absolute Gasteiger partial charge is 0.423 e. The summed E-state index contributed by atoms with van der Waals surface area (Å²) in [5, 5.41) is 28.3. The lowest BCUT2D eigenvalue weighted by Gasteiger charge is -2.23. The number of aryl methyl sites for hydroxylation is 1. The van der Waals surface area contributed by atoms with E-state index in [0.717, 1.165) is 51.2 Å². The minimum atomic E-state index is -3.43. The van der Waals surface area contributed by atoms with Crippen molar-refractivity contribution in [1.82, 2.24) is 0 Å². The third-order valence-corrected chi connectivity index (χ3v) is 18.3. The van der Waals surface area contributed by atoms with Gasteiger partial charge < -0.3 is 10.0 Å². The van der Waals surface area contributed by atoms with Crippen LogP contribution in [0.1, 0.15) is 64.3 Å². The first-order valence-corrected chi connectivity index (χ1v) is 28.5. The van der Waals surface area contributed by atoms with Crippen LogP contribution in [0, 0.1) is 6.92 Å². The van der Waals surface area contributed by atoms with Crippen LogP contribution in [0.3, 0.4) is 0 Å². The van der Waals surface area contributed by atoms with E-state index in [4.69, 9.17) is 0 Å². The number of nitrogens with zero attached hydrogens (tertiary/aromatic N) is 1. The molecule has 5 nitrogen and oxygen atoms in total. The number of benzene rings is 11. The Labute approximate surface area is 448 Å². The first-order chi connectivity index (χ1) is 36.5. The molecule has 2 N–H and O–H groups in total. The third-order valence-electron chi connectivity index (χ3n) is 14.4. The molecule has 1 atom stereocenters. The quantitative estimate of drug-likeness (QED) is 0.0940. The van der Waals surface area contributed by atoms with Crippen LogP contribution in [0.2, 0.25) is 0 Å². The third kappa shape index (κ3) is 10.6. The second kappa shape index (κ2) is 21.5. The second-order valence-electron chi connectivity index (χ2n) is 19.3. The molecule has 0 fully saturated rings. The Balaban J connectivity index is 0.000000125. The van der Waals surface area contributed by atoms with Crippen molar-refractivity contribution >= 4 is 94.7 Å². The van der Waals surface area contributed by atoms with Crippen molar-refractivity contribution in [1.29, 1.82) is 0 Å². The Bertz CT molecular complexity index is 3990. The highest BCUT2D eigenvalue weighted by Gasteiger charge is 2.22. The van der Waals surface area contributed by atoms with Crippen LogP contribution in [0.25, 0.3) is 43.1 Å². The van der Waals surface area contributed by atoms with Gasteiger partial charge in [-0.3, -0.25) is 4.99 Å². The number of hydrogen-bond acceptors (Lipinski definition) is 7. The highest BCUT2D eigenvalue weighted by Crippen LogP contribution is 2.43. The average Bonchev–Trinajstić information content (AvgIpc) is 3.44. The number of fused-ring (bicyclic) bond motifs is 8. The molecule has 0 aromatic heterocycles. The van der Waals surface area contributed by atoms with Gasteiger partial charge in [0.25, 0.3) is 0 Å². The summed E-state index contributed by atoms with van der Waals surface area (Å²) in [7, 11) is -4.88. The molecule has 0 saturated heterocycles. The van der Waals surface area contributed by atoms with E-state index in [-0.39, 0.29) is 5.88 Å². The summed E-state index contributed by atoms with van der Waals surface area (Å²) in [6, 6.07) is 75.0. The van der Waals surface area contributed by atoms with Gasteiger partial charge in [0, 0.05) is 31.2 Å². The Morgan fingerprint density at radius 3 is 1.49 bits per heavy atom. The molecule has 0 radical (unpaired) electrons. The van der Waals surface area contributed by atoms with Crippen LogP contribution in [0.4, 0.5) is 0 Å². The highest BCUT2D eigenvalue weighted by atomic mass is 32.2. The van der Waals surface area contributed by atoms with Crippen molar-refractivity contribution in [3.8, 4) is 0 Å². The first-order valence-electron chi connectivity index (χ1n) is 25.2. The lowest BCUT2D eigenvalue weighted by molar-refractivity contribution is 0.426. The molecule has 11 aromatic rings. The van der Waals surface area contributed by atoms with E-state index in [9.17, 15) is 18.5 Å². The van der Waals surface area contributed by atoms with Gasteiger partial charge in [-0.05, 0) is 169 Å². The minimum Gasteiger partial charge on any atom is -0.423 e. The zero-order valence-electron chi connectivity index (χ0n) is 41.9. The van der Waals surface area contributed by atoms with Gasteiger partial charge in [0.2, 0.25) is 0 Å². The number of aliphatic imine (C=N–C) groups is 1. The molecule has 0 bridgehead atoms. The summed E-state index contributed by atoms with van der Waals surface area (Å²) in [4.78, 5) is 10.0. The van der Waals surface area contributed by atoms with Crippen LogP contribution in [-0.4, -0.2) is 37.2 Å². The topological polar surface area (TPSA) is 87.0 Å². The SMILES string of the molecule is CC(=NCS(=O)(=O)c1ccc(C)cc1)c1ccc2c(c1)Cc1ccccc1S2.CC(c1ccc2c(c1)Cc1ccccc1S2)c1c2ccccc2cc2ccccc12.OB(O)c1c2ccccc2cc2ccccc12. The van der Waals surface area contributed by atoms with E-state index in [1.165, 1.54) is 74.5 Å². The maximum Gasteiger partial charge on any atom is 0.489 e. The predicted molar refractivity (Wildman–Crippen MR) is 315 cm³/mol. The van der Waals surface area contributed by atoms with Gasteiger partial charge in [0.15, 0.2) is 9.84 Å². The molecule has 0 amide bonds. The maximum atomic E-state index is 12.5. The van der Waals surface area contributed by atoms with Crippen molar-refractivity contribution in [3.63, 3.8) is 0 Å². The summed E-state index contributed by atoms with van der Waals surface area (Å²) in [5.74, 6) is 0.0878. The highest BCUT2D eigenvalue weighted by molar-refractivity contribution is 7.99. The standard InChI is InChI=1S/C29H22S.C23H21NO2S2.C14H11BO2/c1-19(20-14-15-28-24(16-20)18-23-10-4-7-13-27(23)30-28)29-25-11-5-2-8-21(25)17-22-9-3-6-12-26(22)29;1-16-7-10-21(11-8-16)28(25,26)15-24-17(2)18-9-12-23-20(13-18)14-19-5-3-4-6-22(19)27-23;16-15(17)14-12-7-3-1-5-10(12)9-11-6-2-4-8-13(11)14/h2-17,19H,18H2,1H3;3-13H,14-15H2,1-2H3;1-9,16-17H. The molecule has 9 heteroatoms. The van der Waals surface area contributed by atoms with Crippen LogP contribution < -0.4 is 5.46 Å². The zero-order chi connectivity index (χ0) is 51.6.